The molecule has 8 heteroatoms. The molecule has 100 valence electrons. The Morgan fingerprint density at radius 1 is 1.56 bits per heavy atom. The maximum absolute atomic E-state index is 11.4. The van der Waals surface area contributed by atoms with Crippen LogP contribution in [0.4, 0.5) is 0 Å². The van der Waals surface area contributed by atoms with Crippen molar-refractivity contribution in [2.45, 2.75) is 32.7 Å². The molecule has 0 bridgehead atoms. The van der Waals surface area contributed by atoms with Gasteiger partial charge < -0.3 is 10.1 Å². The molecule has 3 atom stereocenters. The van der Waals surface area contributed by atoms with Gasteiger partial charge in [0.1, 0.15) is 4.21 Å². The van der Waals surface area contributed by atoms with Crippen molar-refractivity contribution in [2.24, 2.45) is 5.14 Å². The highest BCUT2D eigenvalue weighted by Gasteiger charge is 2.39. The summed E-state index contributed by atoms with van der Waals surface area (Å²) in [5.74, 6) is 0. The molecule has 5 nitrogen and oxygen atoms in total. The first-order valence-corrected chi connectivity index (χ1v) is 8.89. The Labute approximate surface area is 114 Å². The fourth-order valence-electron chi connectivity index (χ4n) is 2.37. The molecular weight excluding hydrogens is 292 g/mol. The third-order valence-electron chi connectivity index (χ3n) is 3.18. The van der Waals surface area contributed by atoms with Crippen LogP contribution in [-0.4, -0.2) is 32.9 Å². The maximum atomic E-state index is 11.4. The van der Waals surface area contributed by atoms with Crippen LogP contribution >= 0.6 is 23.1 Å². The molecule has 0 aromatic carbocycles. The van der Waals surface area contributed by atoms with E-state index in [1.165, 1.54) is 11.3 Å². The number of thiophene rings is 1. The van der Waals surface area contributed by atoms with E-state index in [1.807, 2.05) is 0 Å². The second-order valence-corrected chi connectivity index (χ2v) is 8.93. The molecule has 1 fully saturated rings. The molecule has 3 heterocycles. The molecule has 0 amide bonds. The minimum Gasteiger partial charge on any atom is -0.374 e. The number of sulfonamides is 1. The molecule has 2 aliphatic heterocycles. The van der Waals surface area contributed by atoms with Crippen LogP contribution in [-0.2, 0) is 14.8 Å². The monoisotopic (exact) mass is 306 g/mol. The molecule has 2 aliphatic rings. The summed E-state index contributed by atoms with van der Waals surface area (Å²) < 4.78 is 29.9. The molecule has 0 unspecified atom stereocenters. The summed E-state index contributed by atoms with van der Waals surface area (Å²) >= 11 is 2.92. The van der Waals surface area contributed by atoms with Crippen molar-refractivity contribution in [3.63, 3.8) is 0 Å². The van der Waals surface area contributed by atoms with Crippen LogP contribution in [0.3, 0.4) is 0 Å². The van der Waals surface area contributed by atoms with Gasteiger partial charge in [-0.25, -0.2) is 13.6 Å². The molecule has 1 saturated heterocycles. The second-order valence-electron chi connectivity index (χ2n) is 4.44. The molecule has 0 saturated carbocycles. The summed E-state index contributed by atoms with van der Waals surface area (Å²) in [5.41, 5.74) is 1.01. The summed E-state index contributed by atoms with van der Waals surface area (Å²) in [6.45, 7) is 3.60. The third-order valence-corrected chi connectivity index (χ3v) is 7.17. The van der Waals surface area contributed by atoms with E-state index in [1.54, 1.807) is 17.8 Å². The van der Waals surface area contributed by atoms with Crippen LogP contribution in [0.2, 0.25) is 0 Å². The van der Waals surface area contributed by atoms with Gasteiger partial charge in [-0.05, 0) is 11.6 Å². The average molecular weight is 306 g/mol. The number of morpholine rings is 1. The smallest absolute Gasteiger partial charge is 0.247 e. The van der Waals surface area contributed by atoms with Crippen molar-refractivity contribution in [2.75, 3.05) is 13.2 Å². The first kappa shape index (κ1) is 12.9. The lowest BCUT2D eigenvalue weighted by Crippen LogP contribution is -2.47. The van der Waals surface area contributed by atoms with Gasteiger partial charge in [-0.15, -0.1) is 23.1 Å². The van der Waals surface area contributed by atoms with Gasteiger partial charge in [0.2, 0.25) is 10.0 Å². The first-order chi connectivity index (χ1) is 8.47. The SMILES string of the molecule is C[C@@H]1Sc2sc(S(N)(=O)=O)cc2[C@H]2NCCO[C@H]12. The highest BCUT2D eigenvalue weighted by atomic mass is 32.3. The summed E-state index contributed by atoms with van der Waals surface area (Å²) in [5, 5.41) is 8.91. The van der Waals surface area contributed by atoms with Crippen molar-refractivity contribution in [1.82, 2.24) is 5.32 Å². The Morgan fingerprint density at radius 3 is 3.06 bits per heavy atom. The van der Waals surface area contributed by atoms with Crippen LogP contribution in [0.15, 0.2) is 14.5 Å². The van der Waals surface area contributed by atoms with Gasteiger partial charge in [-0.2, -0.15) is 0 Å². The third kappa shape index (κ3) is 2.10. The number of fused-ring (bicyclic) bond motifs is 3. The Bertz CT molecular complexity index is 569. The van der Waals surface area contributed by atoms with Crippen molar-refractivity contribution in [3.8, 4) is 0 Å². The molecule has 3 rings (SSSR count). The lowest BCUT2D eigenvalue weighted by Gasteiger charge is -2.39. The largest absolute Gasteiger partial charge is 0.374 e. The number of rotatable bonds is 1. The number of nitrogens with one attached hydrogen (secondary N) is 1. The topological polar surface area (TPSA) is 81.4 Å². The number of thioether (sulfide) groups is 1. The van der Waals surface area contributed by atoms with Gasteiger partial charge in [0.05, 0.1) is 23.0 Å². The van der Waals surface area contributed by atoms with Gasteiger partial charge >= 0.3 is 0 Å². The molecule has 3 N–H and O–H groups in total. The minimum absolute atomic E-state index is 0.0803. The summed E-state index contributed by atoms with van der Waals surface area (Å²) in [6.07, 6.45) is 0.0965. The Hall–Kier alpha value is -0.120. The van der Waals surface area contributed by atoms with Gasteiger partial charge in [0.15, 0.2) is 0 Å². The summed E-state index contributed by atoms with van der Waals surface area (Å²) in [4.78, 5) is 0. The molecule has 1 aromatic heterocycles. The minimum atomic E-state index is -3.62. The molecule has 0 aliphatic carbocycles. The molecule has 0 radical (unpaired) electrons. The fourth-order valence-corrected chi connectivity index (χ4v) is 6.15. The molecule has 1 aromatic rings. The summed E-state index contributed by atoms with van der Waals surface area (Å²) in [6, 6.07) is 1.77. The van der Waals surface area contributed by atoms with E-state index in [0.717, 1.165) is 16.3 Å². The normalized spacial score (nSPS) is 31.8. The van der Waals surface area contributed by atoms with Crippen molar-refractivity contribution >= 4 is 33.1 Å². The number of primary sulfonamides is 1. The number of nitrogens with two attached hydrogens (primary N) is 1. The maximum Gasteiger partial charge on any atom is 0.247 e. The van der Waals surface area contributed by atoms with Crippen molar-refractivity contribution < 1.29 is 13.2 Å². The summed E-state index contributed by atoms with van der Waals surface area (Å²) in [7, 11) is -3.62. The van der Waals surface area contributed by atoms with Crippen LogP contribution in [0, 0.1) is 0 Å². The number of ether oxygens (including phenoxy) is 1. The lowest BCUT2D eigenvalue weighted by molar-refractivity contribution is -0.00506. The lowest BCUT2D eigenvalue weighted by atomic mass is 10.0. The van der Waals surface area contributed by atoms with E-state index >= 15 is 0 Å². The van der Waals surface area contributed by atoms with Crippen LogP contribution in [0.1, 0.15) is 18.5 Å². The fraction of sp³-hybridized carbons (Fsp3) is 0.600. The van der Waals surface area contributed by atoms with E-state index in [9.17, 15) is 8.42 Å². The Morgan fingerprint density at radius 2 is 2.33 bits per heavy atom. The van der Waals surface area contributed by atoms with Gasteiger partial charge in [-0.3, -0.25) is 0 Å². The van der Waals surface area contributed by atoms with Gasteiger partial charge in [0.25, 0.3) is 0 Å². The predicted octanol–water partition coefficient (Wildman–Crippen LogP) is 0.919. The Kier molecular flexibility index (Phi) is 3.20. The van der Waals surface area contributed by atoms with E-state index in [4.69, 9.17) is 9.88 Å². The van der Waals surface area contributed by atoms with Gasteiger partial charge in [0, 0.05) is 11.8 Å². The molecule has 18 heavy (non-hydrogen) atoms. The van der Waals surface area contributed by atoms with Gasteiger partial charge in [-0.1, -0.05) is 6.92 Å². The first-order valence-electron chi connectivity index (χ1n) is 5.65. The predicted molar refractivity (Wildman–Crippen MR) is 71.5 cm³/mol. The van der Waals surface area contributed by atoms with Crippen molar-refractivity contribution in [3.05, 3.63) is 11.6 Å². The highest BCUT2D eigenvalue weighted by molar-refractivity contribution is 8.02. The van der Waals surface area contributed by atoms with Crippen LogP contribution in [0.25, 0.3) is 0 Å². The van der Waals surface area contributed by atoms with Crippen LogP contribution in [0.5, 0.6) is 0 Å². The second kappa shape index (κ2) is 4.46. The zero-order valence-electron chi connectivity index (χ0n) is 9.75. The van der Waals surface area contributed by atoms with E-state index in [-0.39, 0.29) is 16.4 Å². The Balaban J connectivity index is 2.05. The number of hydrogen-bond acceptors (Lipinski definition) is 6. The molecule has 0 spiro atoms. The average Bonchev–Trinajstić information content (AvgIpc) is 2.73. The number of hydrogen-bond donors (Lipinski definition) is 2. The van der Waals surface area contributed by atoms with E-state index < -0.39 is 10.0 Å². The van der Waals surface area contributed by atoms with E-state index in [2.05, 4.69) is 12.2 Å². The quantitative estimate of drug-likeness (QED) is 0.806. The standard InChI is InChI=1S/C10H14N2O3S3/c1-5-9-8(12-2-3-15-9)6-4-7(18(11,13)14)17-10(6)16-5/h4-5,8-9,12H,2-3H2,1H3,(H2,11,13,14)/t5-,8+,9+/m0/s1. The zero-order chi connectivity index (χ0) is 12.9. The van der Waals surface area contributed by atoms with Crippen LogP contribution < -0.4 is 10.5 Å². The zero-order valence-corrected chi connectivity index (χ0v) is 12.2. The van der Waals surface area contributed by atoms with E-state index in [0.29, 0.717) is 11.9 Å². The van der Waals surface area contributed by atoms with Crippen molar-refractivity contribution in [1.29, 1.82) is 0 Å². The molecular formula is C10H14N2O3S3. The highest BCUT2D eigenvalue weighted by Crippen LogP contribution is 2.47.